The summed E-state index contributed by atoms with van der Waals surface area (Å²) in [7, 11) is 0. The molecular formula is C11H9NO4. The van der Waals surface area contributed by atoms with Gasteiger partial charge in [-0.25, -0.2) is 0 Å². The van der Waals surface area contributed by atoms with Crippen LogP contribution in [0.5, 0.6) is 5.75 Å². The zero-order chi connectivity index (χ0) is 11.4. The van der Waals surface area contributed by atoms with Crippen LogP contribution in [0.2, 0.25) is 0 Å². The largest absolute Gasteiger partial charge is 0.472 e. The topological polar surface area (TPSA) is 65.5 Å². The first-order valence-electron chi connectivity index (χ1n) is 4.64. The number of benzene rings is 1. The first-order chi connectivity index (χ1) is 7.77. The Morgan fingerprint density at radius 1 is 1.25 bits per heavy atom. The molecule has 0 aliphatic carbocycles. The maximum Gasteiger partial charge on any atom is 0.383 e. The molecule has 1 heterocycles. The molecule has 5 heteroatoms. The lowest BCUT2D eigenvalue weighted by Gasteiger charge is -2.09. The third kappa shape index (κ3) is 2.20. The highest BCUT2D eigenvalue weighted by molar-refractivity contribution is 5.22. The minimum Gasteiger partial charge on any atom is -0.472 e. The van der Waals surface area contributed by atoms with E-state index in [0.717, 1.165) is 0 Å². The standard InChI is InChI=1S/C11H9NO4/c13-12(14)11(9-6-7-15-8-9)16-10-4-2-1-3-5-10/h1-8,11H. The van der Waals surface area contributed by atoms with Crippen molar-refractivity contribution in [1.82, 2.24) is 0 Å². The third-order valence-electron chi connectivity index (χ3n) is 2.01. The van der Waals surface area contributed by atoms with E-state index >= 15 is 0 Å². The Hall–Kier alpha value is -2.30. The minimum absolute atomic E-state index is 0.383. The number of furan rings is 1. The van der Waals surface area contributed by atoms with Gasteiger partial charge < -0.3 is 9.15 Å². The molecule has 2 aromatic rings. The molecule has 1 aromatic carbocycles. The smallest absolute Gasteiger partial charge is 0.383 e. The molecule has 0 amide bonds. The Labute approximate surface area is 91.4 Å². The summed E-state index contributed by atoms with van der Waals surface area (Å²) in [5, 5.41) is 10.8. The van der Waals surface area contributed by atoms with Gasteiger partial charge in [0.1, 0.15) is 17.6 Å². The van der Waals surface area contributed by atoms with Crippen molar-refractivity contribution in [2.24, 2.45) is 0 Å². The molecule has 0 N–H and O–H groups in total. The number of rotatable bonds is 4. The number of nitrogens with zero attached hydrogens (tertiary/aromatic N) is 1. The molecule has 0 fully saturated rings. The van der Waals surface area contributed by atoms with Crippen LogP contribution >= 0.6 is 0 Å². The molecule has 0 bridgehead atoms. The molecule has 0 saturated heterocycles. The molecule has 1 aromatic heterocycles. The van der Waals surface area contributed by atoms with Gasteiger partial charge in [0.25, 0.3) is 0 Å². The molecule has 0 aliphatic heterocycles. The van der Waals surface area contributed by atoms with Crippen molar-refractivity contribution >= 4 is 0 Å². The van der Waals surface area contributed by atoms with Gasteiger partial charge in [-0.05, 0) is 18.2 Å². The minimum atomic E-state index is -1.24. The summed E-state index contributed by atoms with van der Waals surface area (Å²) in [6.07, 6.45) is 1.44. The van der Waals surface area contributed by atoms with Crippen molar-refractivity contribution in [1.29, 1.82) is 0 Å². The molecule has 0 radical (unpaired) electrons. The van der Waals surface area contributed by atoms with E-state index in [1.165, 1.54) is 18.6 Å². The Bertz CT molecular complexity index is 452. The number of nitro groups is 1. The van der Waals surface area contributed by atoms with Gasteiger partial charge in [-0.3, -0.25) is 10.1 Å². The highest BCUT2D eigenvalue weighted by atomic mass is 16.7. The lowest BCUT2D eigenvalue weighted by atomic mass is 10.3. The van der Waals surface area contributed by atoms with Gasteiger partial charge in [0.2, 0.25) is 0 Å². The van der Waals surface area contributed by atoms with Crippen LogP contribution in [0, 0.1) is 10.1 Å². The van der Waals surface area contributed by atoms with Crippen LogP contribution in [0.15, 0.2) is 53.3 Å². The van der Waals surface area contributed by atoms with Gasteiger partial charge in [0.05, 0.1) is 11.2 Å². The second kappa shape index (κ2) is 4.48. The summed E-state index contributed by atoms with van der Waals surface area (Å²) < 4.78 is 10.1. The molecular weight excluding hydrogens is 210 g/mol. The number of hydrogen-bond acceptors (Lipinski definition) is 4. The summed E-state index contributed by atoms with van der Waals surface area (Å²) in [4.78, 5) is 10.3. The van der Waals surface area contributed by atoms with Gasteiger partial charge in [0.15, 0.2) is 0 Å². The van der Waals surface area contributed by atoms with Crippen LogP contribution in [0.25, 0.3) is 0 Å². The lowest BCUT2D eigenvalue weighted by Crippen LogP contribution is -2.16. The monoisotopic (exact) mass is 219 g/mol. The van der Waals surface area contributed by atoms with Crippen LogP contribution < -0.4 is 4.74 Å². The van der Waals surface area contributed by atoms with E-state index in [0.29, 0.717) is 11.3 Å². The number of hydrogen-bond donors (Lipinski definition) is 0. The summed E-state index contributed by atoms with van der Waals surface area (Å²) >= 11 is 0. The van der Waals surface area contributed by atoms with Crippen molar-refractivity contribution in [2.45, 2.75) is 6.23 Å². The Morgan fingerprint density at radius 2 is 2.00 bits per heavy atom. The van der Waals surface area contributed by atoms with E-state index in [2.05, 4.69) is 0 Å². The molecule has 82 valence electrons. The molecule has 5 nitrogen and oxygen atoms in total. The molecule has 16 heavy (non-hydrogen) atoms. The quantitative estimate of drug-likeness (QED) is 0.450. The molecule has 1 atom stereocenters. The summed E-state index contributed by atoms with van der Waals surface area (Å²) in [5.74, 6) is 0.449. The third-order valence-corrected chi connectivity index (χ3v) is 2.01. The zero-order valence-electron chi connectivity index (χ0n) is 8.28. The summed E-state index contributed by atoms with van der Waals surface area (Å²) in [6.45, 7) is 0. The van der Waals surface area contributed by atoms with Gasteiger partial charge in [-0.1, -0.05) is 18.2 Å². The normalized spacial score (nSPS) is 12.0. The Morgan fingerprint density at radius 3 is 2.56 bits per heavy atom. The molecule has 0 saturated carbocycles. The predicted octanol–water partition coefficient (Wildman–Crippen LogP) is 2.63. The van der Waals surface area contributed by atoms with Crippen molar-refractivity contribution in [2.75, 3.05) is 0 Å². The molecule has 0 spiro atoms. The highest BCUT2D eigenvalue weighted by Crippen LogP contribution is 2.22. The summed E-state index contributed by atoms with van der Waals surface area (Å²) in [5.41, 5.74) is 0.383. The Balaban J connectivity index is 2.19. The lowest BCUT2D eigenvalue weighted by molar-refractivity contribution is -0.570. The first-order valence-corrected chi connectivity index (χ1v) is 4.64. The SMILES string of the molecule is O=[N+]([O-])C(Oc1ccccc1)c1ccoc1. The molecule has 2 rings (SSSR count). The van der Waals surface area contributed by atoms with Crippen LogP contribution in [-0.4, -0.2) is 4.92 Å². The van der Waals surface area contributed by atoms with Crippen molar-refractivity contribution in [3.8, 4) is 5.75 Å². The van der Waals surface area contributed by atoms with Crippen LogP contribution in [0.1, 0.15) is 11.8 Å². The molecule has 0 aliphatic rings. The van der Waals surface area contributed by atoms with Gasteiger partial charge in [0, 0.05) is 0 Å². The van der Waals surface area contributed by atoms with Crippen LogP contribution in [0.3, 0.4) is 0 Å². The molecule has 1 unspecified atom stereocenters. The average Bonchev–Trinajstić information content (AvgIpc) is 2.80. The maximum absolute atomic E-state index is 10.8. The average molecular weight is 219 g/mol. The van der Waals surface area contributed by atoms with E-state index in [1.54, 1.807) is 24.3 Å². The fourth-order valence-electron chi connectivity index (χ4n) is 1.28. The predicted molar refractivity (Wildman–Crippen MR) is 55.5 cm³/mol. The Kier molecular flexibility index (Phi) is 2.86. The van der Waals surface area contributed by atoms with Crippen LogP contribution in [0.4, 0.5) is 0 Å². The van der Waals surface area contributed by atoms with Crippen molar-refractivity contribution in [3.63, 3.8) is 0 Å². The fraction of sp³-hybridized carbons (Fsp3) is 0.0909. The number of para-hydroxylation sites is 1. The van der Waals surface area contributed by atoms with Crippen LogP contribution in [-0.2, 0) is 0 Å². The van der Waals surface area contributed by atoms with Gasteiger partial charge in [-0.2, -0.15) is 0 Å². The van der Waals surface area contributed by atoms with E-state index in [1.807, 2.05) is 6.07 Å². The fourth-order valence-corrected chi connectivity index (χ4v) is 1.28. The van der Waals surface area contributed by atoms with Gasteiger partial charge in [-0.15, -0.1) is 0 Å². The summed E-state index contributed by atoms with van der Waals surface area (Å²) in [6, 6.07) is 10.2. The van der Waals surface area contributed by atoms with E-state index in [-0.39, 0.29) is 0 Å². The zero-order valence-corrected chi connectivity index (χ0v) is 8.28. The second-order valence-corrected chi connectivity index (χ2v) is 3.13. The first kappa shape index (κ1) is 10.2. The second-order valence-electron chi connectivity index (χ2n) is 3.13. The highest BCUT2D eigenvalue weighted by Gasteiger charge is 2.25. The number of ether oxygens (including phenoxy) is 1. The van der Waals surface area contributed by atoms with Crippen molar-refractivity contribution < 1.29 is 14.1 Å². The maximum atomic E-state index is 10.8. The van der Waals surface area contributed by atoms with E-state index in [9.17, 15) is 10.1 Å². The van der Waals surface area contributed by atoms with E-state index in [4.69, 9.17) is 9.15 Å². The van der Waals surface area contributed by atoms with Gasteiger partial charge >= 0.3 is 6.23 Å². The van der Waals surface area contributed by atoms with Crippen molar-refractivity contribution in [3.05, 3.63) is 64.6 Å². The van der Waals surface area contributed by atoms with E-state index < -0.39 is 11.2 Å².